The second-order valence-corrected chi connectivity index (χ2v) is 8.59. The first-order valence-corrected chi connectivity index (χ1v) is 11.1. The number of nitrogens with zero attached hydrogens (tertiary/aromatic N) is 3. The zero-order valence-corrected chi connectivity index (χ0v) is 19.6. The SMILES string of the molecule is O=C(NCCc1ccccc1)n1nc(-c2ccc(Cl)cc2Cl)c(-c2ccc(Cl)cc2Cl)n1. The van der Waals surface area contributed by atoms with Gasteiger partial charge in [-0.25, -0.2) is 4.79 Å². The molecule has 1 heterocycles. The molecule has 9 heteroatoms. The maximum Gasteiger partial charge on any atom is 0.359 e. The first-order chi connectivity index (χ1) is 15.4. The fraction of sp³-hybridized carbons (Fsp3) is 0.0870. The van der Waals surface area contributed by atoms with Gasteiger partial charge in [0.05, 0.1) is 10.0 Å². The zero-order valence-electron chi connectivity index (χ0n) is 16.5. The minimum Gasteiger partial charge on any atom is -0.335 e. The molecular formula is C23H16Cl4N4O. The fourth-order valence-corrected chi connectivity index (χ4v) is 4.15. The molecule has 0 aliphatic heterocycles. The molecule has 0 aliphatic rings. The van der Waals surface area contributed by atoms with Crippen molar-refractivity contribution in [1.29, 1.82) is 0 Å². The molecule has 4 rings (SSSR count). The van der Waals surface area contributed by atoms with Crippen LogP contribution in [0.25, 0.3) is 22.5 Å². The van der Waals surface area contributed by atoms with Crippen LogP contribution in [-0.4, -0.2) is 27.6 Å². The minimum absolute atomic E-state index is 0.375. The molecule has 0 fully saturated rings. The second kappa shape index (κ2) is 9.92. The van der Waals surface area contributed by atoms with E-state index in [1.807, 2.05) is 30.3 Å². The lowest BCUT2D eigenvalue weighted by atomic mass is 10.0. The van der Waals surface area contributed by atoms with Crippen molar-refractivity contribution in [3.8, 4) is 22.5 Å². The van der Waals surface area contributed by atoms with E-state index in [4.69, 9.17) is 46.4 Å². The van der Waals surface area contributed by atoms with Gasteiger partial charge >= 0.3 is 6.03 Å². The summed E-state index contributed by atoms with van der Waals surface area (Å²) in [5, 5.41) is 13.4. The lowest BCUT2D eigenvalue weighted by Crippen LogP contribution is -2.32. The molecule has 5 nitrogen and oxygen atoms in total. The molecule has 0 radical (unpaired) electrons. The van der Waals surface area contributed by atoms with Crippen molar-refractivity contribution in [2.45, 2.75) is 6.42 Å². The Kier molecular flexibility index (Phi) is 7.01. The van der Waals surface area contributed by atoms with Crippen molar-refractivity contribution < 1.29 is 4.79 Å². The highest BCUT2D eigenvalue weighted by Crippen LogP contribution is 2.38. The molecule has 1 N–H and O–H groups in total. The maximum absolute atomic E-state index is 12.8. The number of halogens is 4. The van der Waals surface area contributed by atoms with E-state index < -0.39 is 6.03 Å². The average Bonchev–Trinajstić information content (AvgIpc) is 3.19. The third kappa shape index (κ3) is 5.08. The quantitative estimate of drug-likeness (QED) is 0.316. The van der Waals surface area contributed by atoms with E-state index in [9.17, 15) is 4.79 Å². The molecular weight excluding hydrogens is 490 g/mol. The van der Waals surface area contributed by atoms with Crippen LogP contribution in [0.5, 0.6) is 0 Å². The van der Waals surface area contributed by atoms with Gasteiger partial charge in [-0.15, -0.1) is 10.2 Å². The van der Waals surface area contributed by atoms with Gasteiger partial charge in [-0.2, -0.15) is 0 Å². The highest BCUT2D eigenvalue weighted by molar-refractivity contribution is 6.37. The van der Waals surface area contributed by atoms with Gasteiger partial charge in [-0.3, -0.25) is 0 Å². The van der Waals surface area contributed by atoms with E-state index >= 15 is 0 Å². The molecule has 0 atom stereocenters. The van der Waals surface area contributed by atoms with E-state index in [0.717, 1.165) is 10.4 Å². The summed E-state index contributed by atoms with van der Waals surface area (Å²) >= 11 is 24.9. The average molecular weight is 506 g/mol. The molecule has 3 aromatic carbocycles. The number of aromatic nitrogens is 3. The van der Waals surface area contributed by atoms with Gasteiger partial charge in [0.15, 0.2) is 0 Å². The Morgan fingerprint density at radius 1 is 0.781 bits per heavy atom. The lowest BCUT2D eigenvalue weighted by Gasteiger charge is -2.06. The molecule has 1 aromatic heterocycles. The molecule has 162 valence electrons. The van der Waals surface area contributed by atoms with Crippen LogP contribution < -0.4 is 5.32 Å². The van der Waals surface area contributed by atoms with Crippen LogP contribution in [0.3, 0.4) is 0 Å². The van der Waals surface area contributed by atoms with Crippen molar-refractivity contribution in [3.63, 3.8) is 0 Å². The van der Waals surface area contributed by atoms with Crippen LogP contribution in [0, 0.1) is 0 Å². The van der Waals surface area contributed by atoms with Gasteiger partial charge in [0.25, 0.3) is 0 Å². The highest BCUT2D eigenvalue weighted by atomic mass is 35.5. The standard InChI is InChI=1S/C23H16Cl4N4O/c24-15-6-8-17(19(26)12-15)21-22(18-9-7-16(25)13-20(18)27)30-31(29-21)23(32)28-11-10-14-4-2-1-3-5-14/h1-9,12-13H,10-11H2,(H,28,32). The van der Waals surface area contributed by atoms with Gasteiger partial charge in [0.1, 0.15) is 11.4 Å². The Balaban J connectivity index is 1.68. The summed E-state index contributed by atoms with van der Waals surface area (Å²) in [7, 11) is 0. The molecule has 0 saturated carbocycles. The summed E-state index contributed by atoms with van der Waals surface area (Å²) in [6.07, 6.45) is 0.680. The van der Waals surface area contributed by atoms with Crippen LogP contribution in [0.2, 0.25) is 20.1 Å². The summed E-state index contributed by atoms with van der Waals surface area (Å²) in [5.74, 6) is 0. The number of carbonyl (C=O) groups excluding carboxylic acids is 1. The van der Waals surface area contributed by atoms with Crippen molar-refractivity contribution in [2.24, 2.45) is 0 Å². The molecule has 0 unspecified atom stereocenters. The topological polar surface area (TPSA) is 59.8 Å². The molecule has 1 amide bonds. The summed E-state index contributed by atoms with van der Waals surface area (Å²) in [4.78, 5) is 13.8. The first kappa shape index (κ1) is 22.6. The van der Waals surface area contributed by atoms with E-state index in [-0.39, 0.29) is 0 Å². The van der Waals surface area contributed by atoms with E-state index in [1.165, 1.54) is 0 Å². The molecule has 0 aliphatic carbocycles. The smallest absolute Gasteiger partial charge is 0.335 e. The van der Waals surface area contributed by atoms with E-state index in [2.05, 4.69) is 15.5 Å². The lowest BCUT2D eigenvalue weighted by molar-refractivity contribution is 0.236. The third-order valence-electron chi connectivity index (χ3n) is 4.70. The third-order valence-corrected chi connectivity index (χ3v) is 5.80. The monoisotopic (exact) mass is 504 g/mol. The fourth-order valence-electron chi connectivity index (χ4n) is 3.15. The molecule has 4 aromatic rings. The van der Waals surface area contributed by atoms with Crippen LogP contribution in [0.4, 0.5) is 4.79 Å². The van der Waals surface area contributed by atoms with Crippen molar-refractivity contribution in [1.82, 2.24) is 20.3 Å². The summed E-state index contributed by atoms with van der Waals surface area (Å²) < 4.78 is 0. The van der Waals surface area contributed by atoms with Gasteiger partial charge in [-0.05, 0) is 48.4 Å². The molecule has 0 bridgehead atoms. The molecule has 0 saturated heterocycles. The van der Waals surface area contributed by atoms with Crippen LogP contribution in [0.1, 0.15) is 5.56 Å². The number of nitrogens with one attached hydrogen (secondary N) is 1. The second-order valence-electron chi connectivity index (χ2n) is 6.90. The first-order valence-electron chi connectivity index (χ1n) is 9.62. The van der Waals surface area contributed by atoms with Crippen molar-refractivity contribution in [2.75, 3.05) is 6.54 Å². The Hall–Kier alpha value is -2.57. The van der Waals surface area contributed by atoms with Crippen LogP contribution in [0.15, 0.2) is 66.7 Å². The predicted octanol–water partition coefficient (Wildman–Crippen LogP) is 7.03. The summed E-state index contributed by atoms with van der Waals surface area (Å²) in [6, 6.07) is 19.4. The Morgan fingerprint density at radius 3 is 1.81 bits per heavy atom. The van der Waals surface area contributed by atoms with Crippen molar-refractivity contribution >= 4 is 52.4 Å². The number of hydrogen-bond acceptors (Lipinski definition) is 3. The molecule has 32 heavy (non-hydrogen) atoms. The number of carbonyl (C=O) groups is 1. The Bertz CT molecular complexity index is 1210. The largest absolute Gasteiger partial charge is 0.359 e. The van der Waals surface area contributed by atoms with E-state index in [0.29, 0.717) is 55.6 Å². The number of amides is 1. The van der Waals surface area contributed by atoms with E-state index in [1.54, 1.807) is 36.4 Å². The van der Waals surface area contributed by atoms with Crippen LogP contribution >= 0.6 is 46.4 Å². The van der Waals surface area contributed by atoms with Gasteiger partial charge in [-0.1, -0.05) is 81.5 Å². The van der Waals surface area contributed by atoms with Gasteiger partial charge < -0.3 is 5.32 Å². The zero-order chi connectivity index (χ0) is 22.7. The number of benzene rings is 3. The van der Waals surface area contributed by atoms with Crippen molar-refractivity contribution in [3.05, 3.63) is 92.4 Å². The number of hydrogen-bond donors (Lipinski definition) is 1. The Labute approximate surface area is 204 Å². The molecule has 0 spiro atoms. The predicted molar refractivity (Wildman–Crippen MR) is 130 cm³/mol. The Morgan fingerprint density at radius 2 is 1.31 bits per heavy atom. The maximum atomic E-state index is 12.8. The van der Waals surface area contributed by atoms with Crippen LogP contribution in [-0.2, 0) is 6.42 Å². The summed E-state index contributed by atoms with van der Waals surface area (Å²) in [5.41, 5.74) is 3.05. The summed E-state index contributed by atoms with van der Waals surface area (Å²) in [6.45, 7) is 0.429. The number of rotatable bonds is 5. The minimum atomic E-state index is -0.469. The highest BCUT2D eigenvalue weighted by Gasteiger charge is 2.22. The van der Waals surface area contributed by atoms with Gasteiger partial charge in [0, 0.05) is 27.7 Å². The normalized spacial score (nSPS) is 10.9. The van der Waals surface area contributed by atoms with Gasteiger partial charge in [0.2, 0.25) is 0 Å².